The predicted octanol–water partition coefficient (Wildman–Crippen LogP) is 2.56. The first-order valence-corrected chi connectivity index (χ1v) is 5.46. The van der Waals surface area contributed by atoms with Gasteiger partial charge in [-0.1, -0.05) is 15.9 Å². The van der Waals surface area contributed by atoms with Crippen LogP contribution in [0, 0.1) is 0 Å². The Hall–Kier alpha value is -0.870. The second-order valence-corrected chi connectivity index (χ2v) is 5.27. The Balaban J connectivity index is 2.90. The van der Waals surface area contributed by atoms with E-state index in [1.54, 1.807) is 12.1 Å². The van der Waals surface area contributed by atoms with Crippen molar-refractivity contribution in [3.05, 3.63) is 34.3 Å². The number of rotatable bonds is 1. The van der Waals surface area contributed by atoms with Crippen molar-refractivity contribution in [1.82, 2.24) is 5.01 Å². The van der Waals surface area contributed by atoms with Crippen molar-refractivity contribution in [3.63, 3.8) is 0 Å². The molecule has 1 aromatic rings. The summed E-state index contributed by atoms with van der Waals surface area (Å²) in [7, 11) is 0. The molecule has 15 heavy (non-hydrogen) atoms. The van der Waals surface area contributed by atoms with Gasteiger partial charge in [-0.15, -0.1) is 0 Å². The highest BCUT2D eigenvalue weighted by atomic mass is 79.9. The van der Waals surface area contributed by atoms with E-state index in [9.17, 15) is 4.79 Å². The van der Waals surface area contributed by atoms with E-state index >= 15 is 0 Å². The number of hydrogen-bond acceptors (Lipinski definition) is 2. The van der Waals surface area contributed by atoms with E-state index < -0.39 is 0 Å². The lowest BCUT2D eigenvalue weighted by atomic mass is 10.1. The molecule has 0 heterocycles. The highest BCUT2D eigenvalue weighted by Crippen LogP contribution is 2.15. The highest BCUT2D eigenvalue weighted by molar-refractivity contribution is 9.10. The van der Waals surface area contributed by atoms with Gasteiger partial charge >= 0.3 is 0 Å². The van der Waals surface area contributed by atoms with Gasteiger partial charge in [-0.3, -0.25) is 9.80 Å². The number of benzene rings is 1. The fourth-order valence-corrected chi connectivity index (χ4v) is 1.30. The zero-order chi connectivity index (χ0) is 11.6. The molecule has 3 nitrogen and oxygen atoms in total. The van der Waals surface area contributed by atoms with Crippen LogP contribution in [0.15, 0.2) is 28.7 Å². The number of hydrogen-bond donors (Lipinski definition) is 1. The fraction of sp³-hybridized carbons (Fsp3) is 0.364. The largest absolute Gasteiger partial charge is 0.271 e. The summed E-state index contributed by atoms with van der Waals surface area (Å²) < 4.78 is 0.943. The number of hydrazine groups is 1. The maximum Gasteiger partial charge on any atom is 0.268 e. The molecule has 0 radical (unpaired) electrons. The highest BCUT2D eigenvalue weighted by Gasteiger charge is 2.24. The van der Waals surface area contributed by atoms with Crippen molar-refractivity contribution in [3.8, 4) is 0 Å². The van der Waals surface area contributed by atoms with Gasteiger partial charge in [0.15, 0.2) is 0 Å². The summed E-state index contributed by atoms with van der Waals surface area (Å²) in [4.78, 5) is 11.9. The molecule has 0 spiro atoms. The van der Waals surface area contributed by atoms with Gasteiger partial charge in [0.1, 0.15) is 0 Å². The van der Waals surface area contributed by atoms with Crippen molar-refractivity contribution in [2.24, 2.45) is 5.84 Å². The minimum Gasteiger partial charge on any atom is -0.271 e. The molecule has 0 bridgehead atoms. The molecule has 0 aliphatic rings. The summed E-state index contributed by atoms with van der Waals surface area (Å²) in [5, 5.41) is 1.25. The Morgan fingerprint density at radius 1 is 1.27 bits per heavy atom. The van der Waals surface area contributed by atoms with E-state index in [2.05, 4.69) is 15.9 Å². The lowest BCUT2D eigenvalue weighted by Crippen LogP contribution is -2.50. The van der Waals surface area contributed by atoms with Crippen LogP contribution < -0.4 is 5.84 Å². The molecule has 0 aliphatic heterocycles. The molecular formula is C11H15BrN2O. The van der Waals surface area contributed by atoms with E-state index in [1.165, 1.54) is 5.01 Å². The Morgan fingerprint density at radius 2 is 1.73 bits per heavy atom. The Morgan fingerprint density at radius 3 is 2.13 bits per heavy atom. The average molecular weight is 271 g/mol. The van der Waals surface area contributed by atoms with Crippen LogP contribution in [0.3, 0.4) is 0 Å². The predicted molar refractivity (Wildman–Crippen MR) is 64.3 cm³/mol. The summed E-state index contributed by atoms with van der Waals surface area (Å²) in [6.07, 6.45) is 0. The first-order chi connectivity index (χ1) is 6.82. The van der Waals surface area contributed by atoms with Crippen molar-refractivity contribution < 1.29 is 4.79 Å². The number of nitrogens with two attached hydrogens (primary N) is 1. The van der Waals surface area contributed by atoms with Gasteiger partial charge in [0.25, 0.3) is 5.91 Å². The van der Waals surface area contributed by atoms with Crippen LogP contribution in [0.25, 0.3) is 0 Å². The second-order valence-electron chi connectivity index (χ2n) is 4.35. The van der Waals surface area contributed by atoms with Gasteiger partial charge in [0.2, 0.25) is 0 Å². The van der Waals surface area contributed by atoms with E-state index in [1.807, 2.05) is 32.9 Å². The van der Waals surface area contributed by atoms with Crippen LogP contribution in [-0.4, -0.2) is 16.5 Å². The normalized spacial score (nSPS) is 11.3. The third-order valence-electron chi connectivity index (χ3n) is 2.03. The molecule has 0 fully saturated rings. The second kappa shape index (κ2) is 4.33. The Bertz CT molecular complexity index is 354. The summed E-state index contributed by atoms with van der Waals surface area (Å²) in [6.45, 7) is 5.68. The molecule has 1 aromatic carbocycles. The number of carbonyl (C=O) groups excluding carboxylic acids is 1. The molecule has 2 N–H and O–H groups in total. The molecule has 82 valence electrons. The van der Waals surface area contributed by atoms with E-state index in [-0.39, 0.29) is 11.4 Å². The van der Waals surface area contributed by atoms with Gasteiger partial charge in [0.05, 0.1) is 5.54 Å². The van der Waals surface area contributed by atoms with Crippen molar-refractivity contribution in [2.45, 2.75) is 26.3 Å². The first-order valence-electron chi connectivity index (χ1n) is 4.67. The molecule has 0 atom stereocenters. The molecule has 0 saturated carbocycles. The minimum atomic E-state index is -0.371. The molecule has 1 rings (SSSR count). The quantitative estimate of drug-likeness (QED) is 0.484. The molecule has 1 amide bonds. The van der Waals surface area contributed by atoms with Crippen LogP contribution in [0.4, 0.5) is 0 Å². The number of carbonyl (C=O) groups is 1. The Labute approximate surface area is 98.4 Å². The van der Waals surface area contributed by atoms with Crippen LogP contribution in [0.1, 0.15) is 31.1 Å². The van der Waals surface area contributed by atoms with Crippen molar-refractivity contribution in [1.29, 1.82) is 0 Å². The molecule has 0 aromatic heterocycles. The first kappa shape index (κ1) is 12.2. The monoisotopic (exact) mass is 270 g/mol. The number of amides is 1. The standard InChI is InChI=1S/C11H15BrN2O/c1-11(2,3)14(13)10(15)8-4-6-9(12)7-5-8/h4-7H,13H2,1-3H3. The van der Waals surface area contributed by atoms with E-state index in [0.29, 0.717) is 5.56 Å². The van der Waals surface area contributed by atoms with E-state index in [0.717, 1.165) is 4.47 Å². The number of nitrogens with zero attached hydrogens (tertiary/aromatic N) is 1. The minimum absolute atomic E-state index is 0.171. The molecular weight excluding hydrogens is 256 g/mol. The van der Waals surface area contributed by atoms with Crippen LogP contribution in [-0.2, 0) is 0 Å². The maximum absolute atomic E-state index is 11.9. The third-order valence-corrected chi connectivity index (χ3v) is 2.56. The van der Waals surface area contributed by atoms with Crippen molar-refractivity contribution >= 4 is 21.8 Å². The smallest absolute Gasteiger partial charge is 0.268 e. The summed E-state index contributed by atoms with van der Waals surface area (Å²) in [5.41, 5.74) is 0.222. The van der Waals surface area contributed by atoms with Gasteiger partial charge < -0.3 is 0 Å². The number of halogens is 1. The van der Waals surface area contributed by atoms with Gasteiger partial charge in [-0.25, -0.2) is 5.84 Å². The molecule has 0 aliphatic carbocycles. The maximum atomic E-state index is 11.9. The fourth-order valence-electron chi connectivity index (χ4n) is 1.04. The summed E-state index contributed by atoms with van der Waals surface area (Å²) in [6, 6.07) is 7.14. The molecule has 4 heteroatoms. The zero-order valence-corrected chi connectivity index (χ0v) is 10.7. The van der Waals surface area contributed by atoms with Crippen LogP contribution in [0.2, 0.25) is 0 Å². The molecule has 0 saturated heterocycles. The van der Waals surface area contributed by atoms with Crippen LogP contribution in [0.5, 0.6) is 0 Å². The molecule has 0 unspecified atom stereocenters. The topological polar surface area (TPSA) is 46.3 Å². The van der Waals surface area contributed by atoms with E-state index in [4.69, 9.17) is 5.84 Å². The third kappa shape index (κ3) is 3.04. The summed E-state index contributed by atoms with van der Waals surface area (Å²) >= 11 is 3.31. The summed E-state index contributed by atoms with van der Waals surface area (Å²) in [5.74, 6) is 5.57. The van der Waals surface area contributed by atoms with Crippen molar-refractivity contribution in [2.75, 3.05) is 0 Å². The SMILES string of the molecule is CC(C)(C)N(N)C(=O)c1ccc(Br)cc1. The zero-order valence-electron chi connectivity index (χ0n) is 9.12. The van der Waals surface area contributed by atoms with Gasteiger partial charge in [-0.05, 0) is 45.0 Å². The van der Waals surface area contributed by atoms with Gasteiger partial charge in [-0.2, -0.15) is 0 Å². The lowest BCUT2D eigenvalue weighted by molar-refractivity contribution is 0.0582. The van der Waals surface area contributed by atoms with Crippen LogP contribution >= 0.6 is 15.9 Å². The Kier molecular flexibility index (Phi) is 3.52. The average Bonchev–Trinajstić information content (AvgIpc) is 2.15. The lowest BCUT2D eigenvalue weighted by Gasteiger charge is -2.31. The van der Waals surface area contributed by atoms with Gasteiger partial charge in [0, 0.05) is 10.0 Å².